The first kappa shape index (κ1) is 15.0. The minimum atomic E-state index is 0.423. The number of likely N-dealkylation sites (N-methyl/N-ethyl adjacent to an activating group) is 1. The second kappa shape index (κ2) is 6.88. The highest BCUT2D eigenvalue weighted by Crippen LogP contribution is 2.26. The second-order valence-corrected chi connectivity index (χ2v) is 5.35. The van der Waals surface area contributed by atoms with Crippen LogP contribution in [0.5, 0.6) is 0 Å². The van der Waals surface area contributed by atoms with Gasteiger partial charge in [0.1, 0.15) is 17.5 Å². The quantitative estimate of drug-likeness (QED) is 0.866. The van der Waals surface area contributed by atoms with Gasteiger partial charge >= 0.3 is 0 Å². The molecule has 1 unspecified atom stereocenters. The van der Waals surface area contributed by atoms with Gasteiger partial charge in [-0.1, -0.05) is 13.8 Å². The maximum atomic E-state index is 5.49. The van der Waals surface area contributed by atoms with Crippen molar-refractivity contribution in [3.8, 4) is 0 Å². The van der Waals surface area contributed by atoms with Crippen molar-refractivity contribution < 1.29 is 4.74 Å². The lowest BCUT2D eigenvalue weighted by molar-refractivity contribution is 0.193. The molecule has 1 aliphatic heterocycles. The number of nitrogens with one attached hydrogen (secondary N) is 1. The number of aromatic nitrogens is 2. The zero-order valence-electron chi connectivity index (χ0n) is 13.1. The third-order valence-electron chi connectivity index (χ3n) is 3.81. The fourth-order valence-electron chi connectivity index (χ4n) is 2.47. The van der Waals surface area contributed by atoms with E-state index in [1.807, 2.05) is 0 Å². The Morgan fingerprint density at radius 1 is 1.35 bits per heavy atom. The van der Waals surface area contributed by atoms with Gasteiger partial charge in [0.05, 0.1) is 12.6 Å². The van der Waals surface area contributed by atoms with Crippen molar-refractivity contribution in [3.05, 3.63) is 11.4 Å². The molecule has 0 bridgehead atoms. The van der Waals surface area contributed by atoms with E-state index in [2.05, 4.69) is 43.0 Å². The van der Waals surface area contributed by atoms with Gasteiger partial charge in [-0.15, -0.1) is 0 Å². The minimum Gasteiger partial charge on any atom is -0.379 e. The van der Waals surface area contributed by atoms with Gasteiger partial charge in [-0.25, -0.2) is 9.97 Å². The Kier molecular flexibility index (Phi) is 5.17. The maximum Gasteiger partial charge on any atom is 0.137 e. The maximum absolute atomic E-state index is 5.49. The first-order valence-corrected chi connectivity index (χ1v) is 7.59. The van der Waals surface area contributed by atoms with E-state index in [0.29, 0.717) is 6.04 Å². The molecule has 1 atom stereocenters. The SMILES string of the molecule is CCCNc1nc(CC)nc(N(C)C2CCOC2)c1C. The molecular weight excluding hydrogens is 252 g/mol. The molecule has 0 aromatic carbocycles. The highest BCUT2D eigenvalue weighted by molar-refractivity contribution is 5.59. The summed E-state index contributed by atoms with van der Waals surface area (Å²) in [4.78, 5) is 11.6. The van der Waals surface area contributed by atoms with Crippen molar-refractivity contribution in [3.63, 3.8) is 0 Å². The summed E-state index contributed by atoms with van der Waals surface area (Å²) in [5.41, 5.74) is 1.13. The Hall–Kier alpha value is -1.36. The van der Waals surface area contributed by atoms with Crippen molar-refractivity contribution >= 4 is 11.6 Å². The molecule has 1 N–H and O–H groups in total. The molecule has 2 heterocycles. The molecule has 2 rings (SSSR count). The Balaban J connectivity index is 2.29. The van der Waals surface area contributed by atoms with Crippen LogP contribution in [0.25, 0.3) is 0 Å². The lowest BCUT2D eigenvalue weighted by Crippen LogP contribution is -2.33. The van der Waals surface area contributed by atoms with E-state index < -0.39 is 0 Å². The smallest absolute Gasteiger partial charge is 0.137 e. The number of aryl methyl sites for hydroxylation is 1. The number of hydrogen-bond donors (Lipinski definition) is 1. The molecule has 0 aliphatic carbocycles. The zero-order chi connectivity index (χ0) is 14.5. The number of anilines is 2. The molecule has 0 radical (unpaired) electrons. The Labute approximate surface area is 121 Å². The van der Waals surface area contributed by atoms with E-state index in [1.165, 1.54) is 0 Å². The van der Waals surface area contributed by atoms with Crippen molar-refractivity contribution in [1.82, 2.24) is 9.97 Å². The monoisotopic (exact) mass is 278 g/mol. The van der Waals surface area contributed by atoms with Gasteiger partial charge in [-0.2, -0.15) is 0 Å². The van der Waals surface area contributed by atoms with Crippen LogP contribution in [-0.2, 0) is 11.2 Å². The van der Waals surface area contributed by atoms with Gasteiger partial charge in [0, 0.05) is 32.2 Å². The summed E-state index contributed by atoms with van der Waals surface area (Å²) in [6, 6.07) is 0.423. The largest absolute Gasteiger partial charge is 0.379 e. The van der Waals surface area contributed by atoms with Crippen LogP contribution >= 0.6 is 0 Å². The molecule has 0 spiro atoms. The van der Waals surface area contributed by atoms with Crippen LogP contribution in [0.2, 0.25) is 0 Å². The average molecular weight is 278 g/mol. The Morgan fingerprint density at radius 3 is 2.75 bits per heavy atom. The minimum absolute atomic E-state index is 0.423. The zero-order valence-corrected chi connectivity index (χ0v) is 13.1. The van der Waals surface area contributed by atoms with Crippen molar-refractivity contribution in [1.29, 1.82) is 0 Å². The molecule has 112 valence electrons. The molecule has 5 heteroatoms. The van der Waals surface area contributed by atoms with Crippen molar-refractivity contribution in [2.45, 2.75) is 46.1 Å². The molecule has 1 aromatic rings. The lowest BCUT2D eigenvalue weighted by Gasteiger charge is -2.27. The predicted octanol–water partition coefficient (Wildman–Crippen LogP) is 2.39. The van der Waals surface area contributed by atoms with Crippen molar-refractivity contribution in [2.24, 2.45) is 0 Å². The summed E-state index contributed by atoms with van der Waals surface area (Å²) in [7, 11) is 2.11. The average Bonchev–Trinajstić information content (AvgIpc) is 2.99. The van der Waals surface area contributed by atoms with E-state index in [1.54, 1.807) is 0 Å². The van der Waals surface area contributed by atoms with Crippen molar-refractivity contribution in [2.75, 3.05) is 37.0 Å². The summed E-state index contributed by atoms with van der Waals surface area (Å²) < 4.78 is 5.49. The van der Waals surface area contributed by atoms with Gasteiger partial charge in [-0.3, -0.25) is 0 Å². The van der Waals surface area contributed by atoms with Crippen LogP contribution in [0.1, 0.15) is 38.1 Å². The van der Waals surface area contributed by atoms with Gasteiger partial charge in [0.2, 0.25) is 0 Å². The summed E-state index contributed by atoms with van der Waals surface area (Å²) in [6.45, 7) is 8.93. The van der Waals surface area contributed by atoms with Crippen LogP contribution in [0.4, 0.5) is 11.6 Å². The molecule has 20 heavy (non-hydrogen) atoms. The molecular formula is C15H26N4O. The van der Waals surface area contributed by atoms with E-state index >= 15 is 0 Å². The summed E-state index contributed by atoms with van der Waals surface area (Å²) >= 11 is 0. The highest BCUT2D eigenvalue weighted by Gasteiger charge is 2.24. The summed E-state index contributed by atoms with van der Waals surface area (Å²) in [5.74, 6) is 2.90. The Morgan fingerprint density at radius 2 is 2.15 bits per heavy atom. The van der Waals surface area contributed by atoms with Crippen LogP contribution in [0, 0.1) is 6.92 Å². The lowest BCUT2D eigenvalue weighted by atomic mass is 10.2. The van der Waals surface area contributed by atoms with Gasteiger partial charge in [-0.05, 0) is 19.8 Å². The van der Waals surface area contributed by atoms with Crippen LogP contribution < -0.4 is 10.2 Å². The molecule has 5 nitrogen and oxygen atoms in total. The molecule has 1 fully saturated rings. The van der Waals surface area contributed by atoms with E-state index in [-0.39, 0.29) is 0 Å². The first-order chi connectivity index (χ1) is 9.67. The van der Waals surface area contributed by atoms with Gasteiger partial charge in [0.25, 0.3) is 0 Å². The standard InChI is InChI=1S/C15H26N4O/c1-5-8-16-14-11(3)15(18-13(6-2)17-14)19(4)12-7-9-20-10-12/h12H,5-10H2,1-4H3,(H,16,17,18). The van der Waals surface area contributed by atoms with Crippen LogP contribution in [-0.4, -0.2) is 42.8 Å². The highest BCUT2D eigenvalue weighted by atomic mass is 16.5. The van der Waals surface area contributed by atoms with E-state index in [9.17, 15) is 0 Å². The van der Waals surface area contributed by atoms with Gasteiger partial charge < -0.3 is 15.0 Å². The molecule has 1 aromatic heterocycles. The van der Waals surface area contributed by atoms with E-state index in [0.717, 1.165) is 62.0 Å². The fraction of sp³-hybridized carbons (Fsp3) is 0.733. The topological polar surface area (TPSA) is 50.3 Å². The number of rotatable bonds is 6. The number of hydrogen-bond acceptors (Lipinski definition) is 5. The van der Waals surface area contributed by atoms with Crippen LogP contribution in [0.15, 0.2) is 0 Å². The summed E-state index contributed by atoms with van der Waals surface area (Å²) in [5, 5.41) is 3.41. The van der Waals surface area contributed by atoms with Crippen LogP contribution in [0.3, 0.4) is 0 Å². The third-order valence-corrected chi connectivity index (χ3v) is 3.81. The molecule has 0 amide bonds. The fourth-order valence-corrected chi connectivity index (χ4v) is 2.47. The van der Waals surface area contributed by atoms with Gasteiger partial charge in [0.15, 0.2) is 0 Å². The third kappa shape index (κ3) is 3.20. The van der Waals surface area contributed by atoms with E-state index in [4.69, 9.17) is 9.72 Å². The number of nitrogens with zero attached hydrogens (tertiary/aromatic N) is 3. The molecule has 1 aliphatic rings. The predicted molar refractivity (Wildman–Crippen MR) is 82.6 cm³/mol. The first-order valence-electron chi connectivity index (χ1n) is 7.59. The number of ether oxygens (including phenoxy) is 1. The molecule has 1 saturated heterocycles. The Bertz CT molecular complexity index is 444. The normalized spacial score (nSPS) is 18.3. The summed E-state index contributed by atoms with van der Waals surface area (Å²) in [6.07, 6.45) is 3.01. The second-order valence-electron chi connectivity index (χ2n) is 5.35. The molecule has 0 saturated carbocycles.